The van der Waals surface area contributed by atoms with E-state index in [0.29, 0.717) is 25.3 Å². The van der Waals surface area contributed by atoms with E-state index in [2.05, 4.69) is 22.0 Å². The van der Waals surface area contributed by atoms with Crippen molar-refractivity contribution in [1.29, 1.82) is 5.26 Å². The van der Waals surface area contributed by atoms with Crippen LogP contribution in [0, 0.1) is 17.2 Å². The molecule has 0 aromatic heterocycles. The standard InChI is InChI=1S/C21H29N5O3S/c1-5-23-19(28)15(12-22)11-21(4)26(6-2)20(29)18(30-21)13-24-16-8-7-9-17(10-16)25-14(3)27/h7-10,15,18,24H,5-6,11,13H2,1-4H3,(H,23,28)(H,25,27)/t15?,18-,21-/m1/s1. The molecule has 1 aromatic rings. The zero-order valence-corrected chi connectivity index (χ0v) is 18.6. The van der Waals surface area contributed by atoms with E-state index < -0.39 is 10.8 Å². The van der Waals surface area contributed by atoms with E-state index in [4.69, 9.17) is 0 Å². The van der Waals surface area contributed by atoms with Crippen LogP contribution in [0.15, 0.2) is 24.3 Å². The molecule has 1 aliphatic heterocycles. The van der Waals surface area contributed by atoms with E-state index in [0.717, 1.165) is 5.69 Å². The van der Waals surface area contributed by atoms with E-state index in [1.165, 1.54) is 18.7 Å². The van der Waals surface area contributed by atoms with Crippen molar-refractivity contribution in [3.05, 3.63) is 24.3 Å². The van der Waals surface area contributed by atoms with Crippen molar-refractivity contribution in [2.24, 2.45) is 5.92 Å². The van der Waals surface area contributed by atoms with Gasteiger partial charge in [0.05, 0.1) is 10.9 Å². The van der Waals surface area contributed by atoms with Gasteiger partial charge in [-0.1, -0.05) is 6.07 Å². The fraction of sp³-hybridized carbons (Fsp3) is 0.524. The first kappa shape index (κ1) is 23.5. The Morgan fingerprint density at radius 2 is 2.03 bits per heavy atom. The second kappa shape index (κ2) is 10.3. The molecular formula is C21H29N5O3S. The Hall–Kier alpha value is -2.73. The third-order valence-electron chi connectivity index (χ3n) is 4.91. The minimum atomic E-state index is -0.814. The van der Waals surface area contributed by atoms with Crippen LogP contribution in [-0.4, -0.2) is 52.4 Å². The van der Waals surface area contributed by atoms with Gasteiger partial charge in [0.25, 0.3) is 0 Å². The molecule has 3 amide bonds. The SMILES string of the molecule is CCNC(=O)C(C#N)C[C@@]1(C)S[C@H](CNc2cccc(NC(C)=O)c2)C(=O)N1CC. The van der Waals surface area contributed by atoms with Gasteiger partial charge in [-0.3, -0.25) is 14.4 Å². The first-order valence-electron chi connectivity index (χ1n) is 10.0. The summed E-state index contributed by atoms with van der Waals surface area (Å²) in [5, 5.41) is 17.8. The molecule has 0 saturated carbocycles. The van der Waals surface area contributed by atoms with Crippen LogP contribution in [-0.2, 0) is 14.4 Å². The maximum absolute atomic E-state index is 13.0. The van der Waals surface area contributed by atoms with Crippen molar-refractivity contribution >= 4 is 40.9 Å². The van der Waals surface area contributed by atoms with Crippen molar-refractivity contribution in [2.75, 3.05) is 30.3 Å². The van der Waals surface area contributed by atoms with Gasteiger partial charge >= 0.3 is 0 Å². The molecule has 9 heteroatoms. The molecule has 1 saturated heterocycles. The highest BCUT2D eigenvalue weighted by Crippen LogP contribution is 2.45. The minimum Gasteiger partial charge on any atom is -0.383 e. The smallest absolute Gasteiger partial charge is 0.238 e. The Morgan fingerprint density at radius 3 is 2.63 bits per heavy atom. The van der Waals surface area contributed by atoms with E-state index in [-0.39, 0.29) is 29.4 Å². The molecule has 1 aromatic carbocycles. The molecule has 30 heavy (non-hydrogen) atoms. The maximum atomic E-state index is 13.0. The van der Waals surface area contributed by atoms with Crippen LogP contribution in [0.3, 0.4) is 0 Å². The molecule has 3 atom stereocenters. The largest absolute Gasteiger partial charge is 0.383 e. The molecular weight excluding hydrogens is 402 g/mol. The molecule has 1 aliphatic rings. The number of benzene rings is 1. The predicted molar refractivity (Wildman–Crippen MR) is 119 cm³/mol. The van der Waals surface area contributed by atoms with Crippen LogP contribution in [0.5, 0.6) is 0 Å². The van der Waals surface area contributed by atoms with Crippen LogP contribution in [0.2, 0.25) is 0 Å². The van der Waals surface area contributed by atoms with Crippen LogP contribution in [0.25, 0.3) is 0 Å². The van der Waals surface area contributed by atoms with E-state index in [1.54, 1.807) is 11.0 Å². The van der Waals surface area contributed by atoms with Gasteiger partial charge in [0.15, 0.2) is 0 Å². The van der Waals surface area contributed by atoms with Crippen LogP contribution < -0.4 is 16.0 Å². The molecule has 1 fully saturated rings. The van der Waals surface area contributed by atoms with Gasteiger partial charge in [0, 0.05) is 44.4 Å². The predicted octanol–water partition coefficient (Wildman–Crippen LogP) is 2.40. The first-order chi connectivity index (χ1) is 14.2. The number of carbonyl (C=O) groups is 3. The quantitative estimate of drug-likeness (QED) is 0.553. The zero-order valence-electron chi connectivity index (χ0n) is 17.8. The van der Waals surface area contributed by atoms with Crippen LogP contribution in [0.4, 0.5) is 11.4 Å². The number of rotatable bonds is 9. The summed E-state index contributed by atoms with van der Waals surface area (Å²) in [5.74, 6) is -1.28. The van der Waals surface area contributed by atoms with Gasteiger partial charge in [-0.2, -0.15) is 5.26 Å². The van der Waals surface area contributed by atoms with Crippen molar-refractivity contribution in [3.63, 3.8) is 0 Å². The zero-order chi connectivity index (χ0) is 22.3. The van der Waals surface area contributed by atoms with Crippen LogP contribution >= 0.6 is 11.8 Å². The average Bonchev–Trinajstić information content (AvgIpc) is 2.93. The van der Waals surface area contributed by atoms with E-state index in [1.807, 2.05) is 39.0 Å². The highest BCUT2D eigenvalue weighted by molar-refractivity contribution is 8.02. The molecule has 8 nitrogen and oxygen atoms in total. The van der Waals surface area contributed by atoms with E-state index >= 15 is 0 Å². The van der Waals surface area contributed by atoms with Gasteiger partial charge in [0.1, 0.15) is 11.2 Å². The molecule has 1 heterocycles. The highest BCUT2D eigenvalue weighted by Gasteiger charge is 2.49. The Morgan fingerprint density at radius 1 is 1.33 bits per heavy atom. The molecule has 3 N–H and O–H groups in total. The van der Waals surface area contributed by atoms with Gasteiger partial charge < -0.3 is 20.9 Å². The molecule has 162 valence electrons. The summed E-state index contributed by atoms with van der Waals surface area (Å²) >= 11 is 1.48. The number of hydrogen-bond acceptors (Lipinski definition) is 6. The summed E-state index contributed by atoms with van der Waals surface area (Å²) in [5.41, 5.74) is 1.47. The second-order valence-corrected chi connectivity index (χ2v) is 8.97. The number of nitrogens with one attached hydrogen (secondary N) is 3. The maximum Gasteiger partial charge on any atom is 0.238 e. The van der Waals surface area contributed by atoms with Gasteiger partial charge in [-0.05, 0) is 39.0 Å². The van der Waals surface area contributed by atoms with Gasteiger partial charge in [-0.15, -0.1) is 11.8 Å². The summed E-state index contributed by atoms with van der Waals surface area (Å²) in [6, 6.07) is 9.37. The number of thioether (sulfide) groups is 1. The number of anilines is 2. The summed E-state index contributed by atoms with van der Waals surface area (Å²) in [7, 11) is 0. The third-order valence-corrected chi connectivity index (χ3v) is 6.45. The lowest BCUT2D eigenvalue weighted by Gasteiger charge is -2.34. The molecule has 0 bridgehead atoms. The van der Waals surface area contributed by atoms with Gasteiger partial charge in [0.2, 0.25) is 17.7 Å². The number of nitrogens with zero attached hydrogens (tertiary/aromatic N) is 2. The molecule has 0 aliphatic carbocycles. The first-order valence-corrected chi connectivity index (χ1v) is 10.9. The second-order valence-electron chi connectivity index (χ2n) is 7.29. The lowest BCUT2D eigenvalue weighted by atomic mass is 9.99. The van der Waals surface area contributed by atoms with Crippen molar-refractivity contribution < 1.29 is 14.4 Å². The summed E-state index contributed by atoms with van der Waals surface area (Å²) in [6.45, 7) is 8.44. The number of carbonyl (C=O) groups excluding carboxylic acids is 3. The molecule has 0 spiro atoms. The lowest BCUT2D eigenvalue weighted by molar-refractivity contribution is -0.132. The fourth-order valence-corrected chi connectivity index (χ4v) is 5.22. The Balaban J connectivity index is 2.09. The topological polar surface area (TPSA) is 114 Å². The average molecular weight is 432 g/mol. The highest BCUT2D eigenvalue weighted by atomic mass is 32.2. The summed E-state index contributed by atoms with van der Waals surface area (Å²) in [6.07, 6.45) is 0.272. The van der Waals surface area contributed by atoms with Crippen molar-refractivity contribution in [2.45, 2.75) is 44.2 Å². The van der Waals surface area contributed by atoms with Crippen LogP contribution in [0.1, 0.15) is 34.1 Å². The Labute approximate surface area is 181 Å². The Kier molecular flexibility index (Phi) is 8.12. The molecule has 1 unspecified atom stereocenters. The Bertz CT molecular complexity index is 840. The normalized spacial score (nSPS) is 21.6. The summed E-state index contributed by atoms with van der Waals surface area (Å²) < 4.78 is 0. The van der Waals surface area contributed by atoms with Crippen molar-refractivity contribution in [1.82, 2.24) is 10.2 Å². The number of nitriles is 1. The van der Waals surface area contributed by atoms with Crippen molar-refractivity contribution in [3.8, 4) is 6.07 Å². The minimum absolute atomic E-state index is 0.0110. The third kappa shape index (κ3) is 5.66. The summed E-state index contributed by atoms with van der Waals surface area (Å²) in [4.78, 5) is 37.5. The monoisotopic (exact) mass is 431 g/mol. The number of amides is 3. The number of hydrogen-bond donors (Lipinski definition) is 3. The lowest BCUT2D eigenvalue weighted by Crippen LogP contribution is -2.45. The molecule has 2 rings (SSSR count). The van der Waals surface area contributed by atoms with Gasteiger partial charge in [-0.25, -0.2) is 0 Å². The fourth-order valence-electron chi connectivity index (χ4n) is 3.60. The molecule has 0 radical (unpaired) electrons. The van der Waals surface area contributed by atoms with E-state index in [9.17, 15) is 19.6 Å².